The fourth-order valence-electron chi connectivity index (χ4n) is 2.22. The standard InChI is InChI=1S/C18H17N3O2S/c22-17(11-12-24-15-9-5-2-6-10-15)19-16-13-18(23)21(20-16)14-7-3-1-4-8-14/h1-10,13,20H,11-12H2,(H,19,22). The van der Waals surface area contributed by atoms with Crippen molar-refractivity contribution in [3.05, 3.63) is 77.1 Å². The summed E-state index contributed by atoms with van der Waals surface area (Å²) < 4.78 is 1.40. The molecule has 0 aliphatic rings. The predicted octanol–water partition coefficient (Wildman–Crippen LogP) is 3.29. The maximum absolute atomic E-state index is 12.0. The number of thioether (sulfide) groups is 1. The first-order valence-corrected chi connectivity index (χ1v) is 8.56. The van der Waals surface area contributed by atoms with Crippen LogP contribution in [0.2, 0.25) is 0 Å². The van der Waals surface area contributed by atoms with Crippen molar-refractivity contribution >= 4 is 23.5 Å². The lowest BCUT2D eigenvalue weighted by Crippen LogP contribution is -2.13. The monoisotopic (exact) mass is 339 g/mol. The van der Waals surface area contributed by atoms with Crippen molar-refractivity contribution in [1.82, 2.24) is 9.78 Å². The lowest BCUT2D eigenvalue weighted by Gasteiger charge is -2.04. The summed E-state index contributed by atoms with van der Waals surface area (Å²) in [6.07, 6.45) is 0.373. The Hall–Kier alpha value is -2.73. The van der Waals surface area contributed by atoms with E-state index in [0.717, 1.165) is 10.6 Å². The molecule has 0 unspecified atom stereocenters. The number of para-hydroxylation sites is 1. The molecule has 0 spiro atoms. The molecule has 0 radical (unpaired) electrons. The zero-order valence-electron chi connectivity index (χ0n) is 12.9. The van der Waals surface area contributed by atoms with Crippen LogP contribution in [0.15, 0.2) is 76.4 Å². The molecule has 122 valence electrons. The molecule has 0 fully saturated rings. The summed E-state index contributed by atoms with van der Waals surface area (Å²) in [4.78, 5) is 25.1. The first kappa shape index (κ1) is 16.1. The highest BCUT2D eigenvalue weighted by atomic mass is 32.2. The number of carbonyl (C=O) groups excluding carboxylic acids is 1. The zero-order valence-corrected chi connectivity index (χ0v) is 13.8. The van der Waals surface area contributed by atoms with Gasteiger partial charge in [-0.3, -0.25) is 14.7 Å². The Kier molecular flexibility index (Phi) is 5.18. The molecular weight excluding hydrogens is 322 g/mol. The number of H-pyrrole nitrogens is 1. The Morgan fingerprint density at radius 3 is 2.42 bits per heavy atom. The number of aromatic nitrogens is 2. The molecule has 0 saturated carbocycles. The Morgan fingerprint density at radius 1 is 1.04 bits per heavy atom. The van der Waals surface area contributed by atoms with Gasteiger partial charge in [-0.15, -0.1) is 11.8 Å². The van der Waals surface area contributed by atoms with Crippen LogP contribution in [0, 0.1) is 0 Å². The minimum atomic E-state index is -0.213. The number of nitrogens with zero attached hydrogens (tertiary/aromatic N) is 1. The average molecular weight is 339 g/mol. The Bertz CT molecular complexity index is 857. The molecule has 6 heteroatoms. The van der Waals surface area contributed by atoms with Gasteiger partial charge in [0.15, 0.2) is 0 Å². The Balaban J connectivity index is 1.56. The molecule has 0 saturated heterocycles. The molecule has 3 aromatic rings. The number of rotatable bonds is 6. The normalized spacial score (nSPS) is 10.5. The number of hydrogen-bond donors (Lipinski definition) is 2. The van der Waals surface area contributed by atoms with E-state index in [4.69, 9.17) is 0 Å². The smallest absolute Gasteiger partial charge is 0.273 e. The molecular formula is C18H17N3O2S. The molecule has 1 aromatic heterocycles. The third-order valence-electron chi connectivity index (χ3n) is 3.35. The van der Waals surface area contributed by atoms with Crippen LogP contribution in [-0.2, 0) is 4.79 Å². The number of aromatic amines is 1. The largest absolute Gasteiger partial charge is 0.311 e. The third kappa shape index (κ3) is 4.17. The summed E-state index contributed by atoms with van der Waals surface area (Å²) in [5.74, 6) is 0.956. The van der Waals surface area contributed by atoms with Gasteiger partial charge in [-0.2, -0.15) is 0 Å². The van der Waals surface area contributed by atoms with Gasteiger partial charge in [0.05, 0.1) is 5.69 Å². The molecule has 0 atom stereocenters. The van der Waals surface area contributed by atoms with E-state index in [1.54, 1.807) is 11.8 Å². The topological polar surface area (TPSA) is 66.9 Å². The van der Waals surface area contributed by atoms with Gasteiger partial charge in [0, 0.05) is 23.1 Å². The third-order valence-corrected chi connectivity index (χ3v) is 4.36. The SMILES string of the molecule is O=C(CCSc1ccccc1)Nc1cc(=O)n(-c2ccccc2)[nH]1. The van der Waals surface area contributed by atoms with Crippen LogP contribution in [-0.4, -0.2) is 21.4 Å². The highest BCUT2D eigenvalue weighted by molar-refractivity contribution is 7.99. The fourth-order valence-corrected chi connectivity index (χ4v) is 3.09. The second kappa shape index (κ2) is 7.70. The van der Waals surface area contributed by atoms with Crippen LogP contribution in [0.1, 0.15) is 6.42 Å². The lowest BCUT2D eigenvalue weighted by atomic mass is 10.3. The summed E-state index contributed by atoms with van der Waals surface area (Å²) in [5, 5.41) is 5.63. The molecule has 2 N–H and O–H groups in total. The minimum Gasteiger partial charge on any atom is -0.311 e. The van der Waals surface area contributed by atoms with E-state index in [1.165, 1.54) is 10.7 Å². The van der Waals surface area contributed by atoms with Crippen molar-refractivity contribution in [1.29, 1.82) is 0 Å². The van der Waals surface area contributed by atoms with Gasteiger partial charge in [-0.1, -0.05) is 36.4 Å². The van der Waals surface area contributed by atoms with Gasteiger partial charge in [0.2, 0.25) is 5.91 Å². The van der Waals surface area contributed by atoms with Crippen molar-refractivity contribution in [2.24, 2.45) is 0 Å². The lowest BCUT2D eigenvalue weighted by molar-refractivity contribution is -0.115. The van der Waals surface area contributed by atoms with Crippen LogP contribution in [0.25, 0.3) is 5.69 Å². The summed E-state index contributed by atoms with van der Waals surface area (Å²) in [6, 6.07) is 20.5. The van der Waals surface area contributed by atoms with Gasteiger partial charge in [0.25, 0.3) is 5.56 Å². The summed E-state index contributed by atoms with van der Waals surface area (Å²) in [5.41, 5.74) is 0.512. The maximum Gasteiger partial charge on any atom is 0.273 e. The molecule has 0 bridgehead atoms. The van der Waals surface area contributed by atoms with Crippen molar-refractivity contribution in [2.45, 2.75) is 11.3 Å². The van der Waals surface area contributed by atoms with E-state index in [2.05, 4.69) is 10.4 Å². The van der Waals surface area contributed by atoms with E-state index in [9.17, 15) is 9.59 Å². The molecule has 1 amide bonds. The van der Waals surface area contributed by atoms with Crippen molar-refractivity contribution in [3.8, 4) is 5.69 Å². The van der Waals surface area contributed by atoms with Crippen molar-refractivity contribution in [3.63, 3.8) is 0 Å². The van der Waals surface area contributed by atoms with Crippen LogP contribution < -0.4 is 10.9 Å². The van der Waals surface area contributed by atoms with Crippen molar-refractivity contribution < 1.29 is 4.79 Å². The summed E-state index contributed by atoms with van der Waals surface area (Å²) in [7, 11) is 0. The number of anilines is 1. The van der Waals surface area contributed by atoms with Gasteiger partial charge in [-0.25, -0.2) is 4.68 Å². The first-order valence-electron chi connectivity index (χ1n) is 7.57. The van der Waals surface area contributed by atoms with Gasteiger partial charge in [-0.05, 0) is 24.3 Å². The molecule has 5 nitrogen and oxygen atoms in total. The van der Waals surface area contributed by atoms with E-state index < -0.39 is 0 Å². The van der Waals surface area contributed by atoms with Gasteiger partial charge >= 0.3 is 0 Å². The highest BCUT2D eigenvalue weighted by Crippen LogP contribution is 2.18. The van der Waals surface area contributed by atoms with Gasteiger partial charge < -0.3 is 5.32 Å². The number of carbonyl (C=O) groups is 1. The van der Waals surface area contributed by atoms with Crippen molar-refractivity contribution in [2.75, 3.05) is 11.1 Å². The van der Waals surface area contributed by atoms with Gasteiger partial charge in [0.1, 0.15) is 5.82 Å². The second-order valence-corrected chi connectivity index (χ2v) is 6.31. The molecule has 24 heavy (non-hydrogen) atoms. The van der Waals surface area contributed by atoms with Crippen LogP contribution in [0.4, 0.5) is 5.82 Å². The number of hydrogen-bond acceptors (Lipinski definition) is 3. The number of benzene rings is 2. The van der Waals surface area contributed by atoms with E-state index >= 15 is 0 Å². The van der Waals surface area contributed by atoms with Crippen LogP contribution in [0.5, 0.6) is 0 Å². The molecule has 0 aliphatic carbocycles. The average Bonchev–Trinajstić information content (AvgIpc) is 2.97. The second-order valence-electron chi connectivity index (χ2n) is 5.14. The summed E-state index contributed by atoms with van der Waals surface area (Å²) >= 11 is 1.63. The Labute approximate surface area is 143 Å². The van der Waals surface area contributed by atoms with Crippen LogP contribution in [0.3, 0.4) is 0 Å². The molecule has 2 aromatic carbocycles. The highest BCUT2D eigenvalue weighted by Gasteiger charge is 2.08. The first-order chi connectivity index (χ1) is 11.7. The summed E-state index contributed by atoms with van der Waals surface area (Å²) in [6.45, 7) is 0. The fraction of sp³-hybridized carbons (Fsp3) is 0.111. The molecule has 3 rings (SSSR count). The molecule has 1 heterocycles. The minimum absolute atomic E-state index is 0.125. The van der Waals surface area contributed by atoms with Crippen LogP contribution >= 0.6 is 11.8 Å². The van der Waals surface area contributed by atoms with E-state index in [0.29, 0.717) is 18.0 Å². The number of amides is 1. The number of nitrogens with one attached hydrogen (secondary N) is 2. The Morgan fingerprint density at radius 2 is 1.71 bits per heavy atom. The molecule has 0 aliphatic heterocycles. The maximum atomic E-state index is 12.0. The zero-order chi connectivity index (χ0) is 16.8. The van der Waals surface area contributed by atoms with E-state index in [1.807, 2.05) is 60.7 Å². The van der Waals surface area contributed by atoms with E-state index in [-0.39, 0.29) is 11.5 Å². The predicted molar refractivity (Wildman–Crippen MR) is 96.8 cm³/mol. The quantitative estimate of drug-likeness (QED) is 0.677.